The minimum absolute atomic E-state index is 0.171. The molecule has 28 heavy (non-hydrogen) atoms. The number of carbonyl (C=O) groups is 1. The van der Waals surface area contributed by atoms with Crippen molar-refractivity contribution in [2.75, 3.05) is 5.32 Å². The van der Waals surface area contributed by atoms with Crippen LogP contribution in [0.4, 0.5) is 5.69 Å². The van der Waals surface area contributed by atoms with Gasteiger partial charge in [0.2, 0.25) is 0 Å². The second kappa shape index (κ2) is 10.0. The first-order chi connectivity index (χ1) is 13.5. The first kappa shape index (κ1) is 21.5. The van der Waals surface area contributed by atoms with E-state index in [1.54, 1.807) is 22.7 Å². The minimum Gasteiger partial charge on any atom is -0.483 e. The molecule has 0 saturated carbocycles. The number of halogens is 2. The quantitative estimate of drug-likeness (QED) is 0.169. The predicted molar refractivity (Wildman–Crippen MR) is 127 cm³/mol. The Hall–Kier alpha value is -1.20. The predicted octanol–water partition coefficient (Wildman–Crippen LogP) is 5.69. The lowest BCUT2D eigenvalue weighted by molar-refractivity contribution is -0.122. The van der Waals surface area contributed by atoms with Crippen LogP contribution in [0.2, 0.25) is 5.15 Å². The van der Waals surface area contributed by atoms with E-state index in [2.05, 4.69) is 62.6 Å². The molecule has 0 aliphatic heterocycles. The van der Waals surface area contributed by atoms with Gasteiger partial charge < -0.3 is 16.2 Å². The lowest BCUT2D eigenvalue weighted by Gasteiger charge is -2.24. The topological polar surface area (TPSA) is 88.2 Å². The largest absolute Gasteiger partial charge is 0.483 e. The molecule has 0 bridgehead atoms. The Morgan fingerprint density at radius 2 is 2.18 bits per heavy atom. The lowest BCUT2D eigenvalue weighted by atomic mass is 9.88. The summed E-state index contributed by atoms with van der Waals surface area (Å²) in [6, 6.07) is 6.30. The van der Waals surface area contributed by atoms with Gasteiger partial charge in [-0.15, -0.1) is 22.7 Å². The number of nitrogens with zero attached hydrogens (tertiary/aromatic N) is 1. The number of thiophene rings is 2. The van der Waals surface area contributed by atoms with Crippen molar-refractivity contribution in [1.29, 1.82) is 0 Å². The summed E-state index contributed by atoms with van der Waals surface area (Å²) < 4.78 is 2.36. The Bertz CT molecular complexity index is 975. The number of rotatable bonds is 4. The van der Waals surface area contributed by atoms with Gasteiger partial charge in [0.05, 0.1) is 19.5 Å². The Morgan fingerprint density at radius 1 is 1.43 bits per heavy atom. The lowest BCUT2D eigenvalue weighted by Crippen LogP contribution is -2.29. The van der Waals surface area contributed by atoms with Crippen LogP contribution < -0.4 is 11.1 Å². The van der Waals surface area contributed by atoms with Gasteiger partial charge in [0, 0.05) is 34.3 Å². The van der Waals surface area contributed by atoms with E-state index in [9.17, 15) is 0 Å². The molecule has 5 nitrogen and oxygen atoms in total. The SMILES string of the molecule is N[C@H]1CC=CC[C@@H]1c1sc2c(NCc3cccs3)cc(Cl)nc2c1I.O=CO. The van der Waals surface area contributed by atoms with Crippen LogP contribution in [-0.2, 0) is 11.3 Å². The van der Waals surface area contributed by atoms with E-state index >= 15 is 0 Å². The molecule has 0 amide bonds. The molecule has 4 N–H and O–H groups in total. The van der Waals surface area contributed by atoms with E-state index in [-0.39, 0.29) is 12.5 Å². The van der Waals surface area contributed by atoms with Crippen LogP contribution in [-0.4, -0.2) is 22.6 Å². The van der Waals surface area contributed by atoms with Crippen molar-refractivity contribution in [1.82, 2.24) is 4.98 Å². The number of aromatic nitrogens is 1. The van der Waals surface area contributed by atoms with E-state index in [1.165, 1.54) is 18.0 Å². The van der Waals surface area contributed by atoms with Gasteiger partial charge in [-0.2, -0.15) is 0 Å². The van der Waals surface area contributed by atoms with Crippen molar-refractivity contribution in [2.24, 2.45) is 5.73 Å². The molecule has 0 fully saturated rings. The van der Waals surface area contributed by atoms with Gasteiger partial charge in [-0.25, -0.2) is 4.98 Å². The fraction of sp³-hybridized carbons (Fsp3) is 0.263. The van der Waals surface area contributed by atoms with Gasteiger partial charge in [-0.05, 0) is 46.9 Å². The van der Waals surface area contributed by atoms with Gasteiger partial charge in [-0.3, -0.25) is 4.79 Å². The van der Waals surface area contributed by atoms with E-state index in [0.717, 1.165) is 30.6 Å². The average Bonchev–Trinajstić information content (AvgIpc) is 3.30. The molecule has 2 atom stereocenters. The zero-order valence-electron chi connectivity index (χ0n) is 14.8. The fourth-order valence-electron chi connectivity index (χ4n) is 3.13. The Kier molecular flexibility index (Phi) is 7.69. The standard InChI is InChI=1S/C18H17ClIN3S2.CH2O2/c19-14-8-13(22-9-10-4-3-7-24-10)18-16(23-14)15(20)17(25-18)11-5-1-2-6-12(11)21;2-1-3/h1-4,7-8,11-12H,5-6,9,21H2,(H,22,23);1H,(H,2,3)/t11-,12-;/m0./s1. The van der Waals surface area contributed by atoms with Crippen molar-refractivity contribution in [3.8, 4) is 0 Å². The number of carboxylic acid groups (broad SMARTS) is 1. The number of hydrogen-bond donors (Lipinski definition) is 3. The number of pyridine rings is 1. The molecule has 0 spiro atoms. The van der Waals surface area contributed by atoms with Crippen LogP contribution >= 0.6 is 56.9 Å². The highest BCUT2D eigenvalue weighted by atomic mass is 127. The summed E-state index contributed by atoms with van der Waals surface area (Å²) in [5.74, 6) is 0.361. The van der Waals surface area contributed by atoms with Crippen LogP contribution in [0, 0.1) is 3.57 Å². The third-order valence-electron chi connectivity index (χ3n) is 4.43. The molecule has 0 aromatic carbocycles. The van der Waals surface area contributed by atoms with Crippen molar-refractivity contribution in [3.05, 3.63) is 54.2 Å². The van der Waals surface area contributed by atoms with Gasteiger partial charge in [0.1, 0.15) is 5.15 Å². The van der Waals surface area contributed by atoms with Crippen molar-refractivity contribution < 1.29 is 9.90 Å². The van der Waals surface area contributed by atoms with Crippen LogP contribution in [0.15, 0.2) is 35.7 Å². The molecule has 0 unspecified atom stereocenters. The monoisotopic (exact) mass is 547 g/mol. The highest BCUT2D eigenvalue weighted by Crippen LogP contribution is 2.43. The summed E-state index contributed by atoms with van der Waals surface area (Å²) in [4.78, 5) is 15.6. The Morgan fingerprint density at radius 3 is 2.86 bits per heavy atom. The highest BCUT2D eigenvalue weighted by molar-refractivity contribution is 14.1. The molecule has 3 aromatic heterocycles. The summed E-state index contributed by atoms with van der Waals surface area (Å²) in [5, 5.41) is 13.0. The summed E-state index contributed by atoms with van der Waals surface area (Å²) in [6.45, 7) is 0.544. The number of fused-ring (bicyclic) bond motifs is 1. The first-order valence-electron chi connectivity index (χ1n) is 8.58. The number of nitrogens with one attached hydrogen (secondary N) is 1. The second-order valence-electron chi connectivity index (χ2n) is 6.20. The number of hydrogen-bond acceptors (Lipinski definition) is 6. The third-order valence-corrected chi connectivity index (χ3v) is 8.30. The summed E-state index contributed by atoms with van der Waals surface area (Å²) in [7, 11) is 0. The zero-order chi connectivity index (χ0) is 20.1. The maximum Gasteiger partial charge on any atom is 0.290 e. The normalized spacial score (nSPS) is 18.5. The summed E-state index contributed by atoms with van der Waals surface area (Å²) in [5.41, 5.74) is 8.43. The number of nitrogens with two attached hydrogens (primary N) is 1. The van der Waals surface area contributed by atoms with E-state index in [0.29, 0.717) is 11.1 Å². The van der Waals surface area contributed by atoms with E-state index in [1.807, 2.05) is 6.07 Å². The zero-order valence-corrected chi connectivity index (χ0v) is 19.3. The molecular weight excluding hydrogens is 529 g/mol. The van der Waals surface area contributed by atoms with Crippen molar-refractivity contribution in [3.63, 3.8) is 0 Å². The van der Waals surface area contributed by atoms with Crippen LogP contribution in [0.5, 0.6) is 0 Å². The number of allylic oxidation sites excluding steroid dienone is 1. The van der Waals surface area contributed by atoms with Crippen LogP contribution in [0.3, 0.4) is 0 Å². The van der Waals surface area contributed by atoms with Crippen LogP contribution in [0.25, 0.3) is 10.2 Å². The molecule has 0 saturated heterocycles. The van der Waals surface area contributed by atoms with Gasteiger partial charge in [-0.1, -0.05) is 29.8 Å². The molecule has 3 heterocycles. The summed E-state index contributed by atoms with van der Waals surface area (Å²) >= 11 is 12.3. The maximum absolute atomic E-state index is 8.36. The van der Waals surface area contributed by atoms with Crippen LogP contribution in [0.1, 0.15) is 28.5 Å². The molecule has 148 valence electrons. The fourth-order valence-corrected chi connectivity index (χ4v) is 6.58. The van der Waals surface area contributed by atoms with E-state index < -0.39 is 0 Å². The molecule has 1 aliphatic carbocycles. The smallest absolute Gasteiger partial charge is 0.290 e. The number of anilines is 1. The molecular formula is C19H19ClIN3O2S2. The van der Waals surface area contributed by atoms with Crippen molar-refractivity contribution >= 4 is 79.2 Å². The molecule has 1 aliphatic rings. The highest BCUT2D eigenvalue weighted by Gasteiger charge is 2.27. The molecule has 9 heteroatoms. The maximum atomic E-state index is 8.36. The Balaban J connectivity index is 0.000000706. The minimum atomic E-state index is -0.250. The Labute approximate surface area is 189 Å². The molecule has 4 rings (SSSR count). The molecule has 0 radical (unpaired) electrons. The third kappa shape index (κ3) is 4.85. The summed E-state index contributed by atoms with van der Waals surface area (Å²) in [6.07, 6.45) is 6.36. The van der Waals surface area contributed by atoms with Gasteiger partial charge in [0.15, 0.2) is 0 Å². The van der Waals surface area contributed by atoms with E-state index in [4.69, 9.17) is 27.2 Å². The second-order valence-corrected chi connectivity index (χ2v) is 9.75. The molecule has 3 aromatic rings. The van der Waals surface area contributed by atoms with Gasteiger partial charge in [0.25, 0.3) is 6.47 Å². The first-order valence-corrected chi connectivity index (χ1v) is 11.7. The van der Waals surface area contributed by atoms with Gasteiger partial charge >= 0.3 is 0 Å². The van der Waals surface area contributed by atoms with Crippen molar-refractivity contribution in [2.45, 2.75) is 31.3 Å². The average molecular weight is 548 g/mol.